The topological polar surface area (TPSA) is 71.3 Å². The van der Waals surface area contributed by atoms with Crippen LogP contribution in [0.3, 0.4) is 0 Å². The molecule has 0 saturated carbocycles. The Morgan fingerprint density at radius 1 is 1.30 bits per heavy atom. The first-order valence-electron chi connectivity index (χ1n) is 5.59. The summed E-state index contributed by atoms with van der Waals surface area (Å²) in [6.07, 6.45) is 0.956. The van der Waals surface area contributed by atoms with Crippen molar-refractivity contribution >= 4 is 33.0 Å². The lowest BCUT2D eigenvalue weighted by Gasteiger charge is -2.09. The summed E-state index contributed by atoms with van der Waals surface area (Å²) in [4.78, 5) is 0. The number of rotatable bonds is 5. The quantitative estimate of drug-likeness (QED) is 0.889. The molecule has 1 heterocycles. The molecule has 0 unspecified atom stereocenters. The fourth-order valence-electron chi connectivity index (χ4n) is 1.55. The highest BCUT2D eigenvalue weighted by atomic mass is 35.5. The van der Waals surface area contributed by atoms with E-state index in [1.165, 1.54) is 18.2 Å². The van der Waals surface area contributed by atoms with Crippen molar-refractivity contribution in [3.8, 4) is 0 Å². The van der Waals surface area contributed by atoms with Crippen LogP contribution in [0.15, 0.2) is 34.7 Å². The van der Waals surface area contributed by atoms with E-state index in [4.69, 9.17) is 16.0 Å². The Labute approximate surface area is 120 Å². The first kappa shape index (κ1) is 14.7. The predicted octanol–water partition coefficient (Wildman–Crippen LogP) is 3.06. The zero-order valence-corrected chi connectivity index (χ0v) is 12.1. The lowest BCUT2D eigenvalue weighted by molar-refractivity contribution is 0.520. The Morgan fingerprint density at radius 3 is 2.65 bits per heavy atom. The van der Waals surface area contributed by atoms with Crippen molar-refractivity contribution in [2.75, 3.05) is 16.3 Å². The van der Waals surface area contributed by atoms with E-state index in [2.05, 4.69) is 10.0 Å². The maximum absolute atomic E-state index is 13.5. The molecule has 0 radical (unpaired) electrons. The van der Waals surface area contributed by atoms with E-state index in [1.807, 2.05) is 0 Å². The van der Waals surface area contributed by atoms with E-state index in [0.29, 0.717) is 18.0 Å². The summed E-state index contributed by atoms with van der Waals surface area (Å²) in [6.45, 7) is 0.344. The third kappa shape index (κ3) is 4.14. The molecule has 0 saturated heterocycles. The molecule has 0 aliphatic heterocycles. The smallest absolute Gasteiger partial charge is 0.229 e. The maximum atomic E-state index is 13.5. The highest BCUT2D eigenvalue weighted by Crippen LogP contribution is 2.21. The second-order valence-electron chi connectivity index (χ2n) is 4.13. The van der Waals surface area contributed by atoms with Crippen LogP contribution in [-0.2, 0) is 16.6 Å². The monoisotopic (exact) mass is 318 g/mol. The van der Waals surface area contributed by atoms with Crippen molar-refractivity contribution in [3.05, 3.63) is 47.1 Å². The van der Waals surface area contributed by atoms with E-state index in [9.17, 15) is 12.8 Å². The van der Waals surface area contributed by atoms with Crippen LogP contribution in [0.1, 0.15) is 5.76 Å². The normalized spacial score (nSPS) is 11.3. The standard InChI is InChI=1S/C12H12ClFN2O3S/c1-20(17,18)16-11-6-8(2-4-10(11)14)15-7-9-3-5-12(13)19-9/h2-6,15-16H,7H2,1H3. The highest BCUT2D eigenvalue weighted by Gasteiger charge is 2.09. The molecule has 0 aliphatic carbocycles. The van der Waals surface area contributed by atoms with Gasteiger partial charge in [-0.1, -0.05) is 0 Å². The molecule has 2 rings (SSSR count). The van der Waals surface area contributed by atoms with Gasteiger partial charge in [-0.05, 0) is 41.9 Å². The van der Waals surface area contributed by atoms with E-state index in [-0.39, 0.29) is 10.9 Å². The predicted molar refractivity (Wildman–Crippen MR) is 75.9 cm³/mol. The first-order chi connectivity index (χ1) is 9.33. The molecule has 20 heavy (non-hydrogen) atoms. The van der Waals surface area contributed by atoms with Gasteiger partial charge in [0.15, 0.2) is 5.22 Å². The average Bonchev–Trinajstić information content (AvgIpc) is 2.74. The van der Waals surface area contributed by atoms with Gasteiger partial charge in [-0.3, -0.25) is 4.72 Å². The summed E-state index contributed by atoms with van der Waals surface area (Å²) in [5.41, 5.74) is 0.431. The third-order valence-corrected chi connectivity index (χ3v) is 3.15. The fourth-order valence-corrected chi connectivity index (χ4v) is 2.27. The zero-order chi connectivity index (χ0) is 14.8. The zero-order valence-electron chi connectivity index (χ0n) is 10.5. The van der Waals surface area contributed by atoms with Gasteiger partial charge in [-0.2, -0.15) is 0 Å². The molecule has 0 amide bonds. The number of hydrogen-bond donors (Lipinski definition) is 2. The third-order valence-electron chi connectivity index (χ3n) is 2.36. The second-order valence-corrected chi connectivity index (χ2v) is 6.25. The van der Waals surface area contributed by atoms with Crippen LogP contribution in [0.2, 0.25) is 5.22 Å². The Balaban J connectivity index is 2.11. The molecule has 0 spiro atoms. The molecule has 2 N–H and O–H groups in total. The van der Waals surface area contributed by atoms with E-state index < -0.39 is 15.8 Å². The molecule has 108 valence electrons. The van der Waals surface area contributed by atoms with Crippen LogP contribution in [0.5, 0.6) is 0 Å². The highest BCUT2D eigenvalue weighted by molar-refractivity contribution is 7.92. The summed E-state index contributed by atoms with van der Waals surface area (Å²) in [5, 5.41) is 3.25. The Kier molecular flexibility index (Phi) is 4.20. The van der Waals surface area contributed by atoms with Crippen LogP contribution in [0.4, 0.5) is 15.8 Å². The SMILES string of the molecule is CS(=O)(=O)Nc1cc(NCc2ccc(Cl)o2)ccc1F. The molecule has 0 aliphatic rings. The summed E-state index contributed by atoms with van der Waals surface area (Å²) >= 11 is 5.64. The molecule has 0 fully saturated rings. The van der Waals surface area contributed by atoms with Crippen molar-refractivity contribution in [1.82, 2.24) is 0 Å². The minimum atomic E-state index is -3.53. The van der Waals surface area contributed by atoms with Gasteiger partial charge in [-0.25, -0.2) is 12.8 Å². The van der Waals surface area contributed by atoms with Gasteiger partial charge in [-0.15, -0.1) is 0 Å². The Hall–Kier alpha value is -1.73. The van der Waals surface area contributed by atoms with Gasteiger partial charge in [0.1, 0.15) is 11.6 Å². The van der Waals surface area contributed by atoms with Gasteiger partial charge < -0.3 is 9.73 Å². The summed E-state index contributed by atoms with van der Waals surface area (Å²) < 4.78 is 43.0. The van der Waals surface area contributed by atoms with Crippen LogP contribution in [0, 0.1) is 5.82 Å². The summed E-state index contributed by atoms with van der Waals surface area (Å²) in [7, 11) is -3.53. The maximum Gasteiger partial charge on any atom is 0.229 e. The van der Waals surface area contributed by atoms with Gasteiger partial charge in [0.2, 0.25) is 10.0 Å². The molecule has 0 atom stereocenters. The van der Waals surface area contributed by atoms with E-state index >= 15 is 0 Å². The minimum absolute atomic E-state index is 0.116. The van der Waals surface area contributed by atoms with Gasteiger partial charge in [0, 0.05) is 5.69 Å². The van der Waals surface area contributed by atoms with Crippen molar-refractivity contribution in [2.24, 2.45) is 0 Å². The molecule has 5 nitrogen and oxygen atoms in total. The van der Waals surface area contributed by atoms with Gasteiger partial charge in [0.25, 0.3) is 0 Å². The van der Waals surface area contributed by atoms with Crippen LogP contribution in [0.25, 0.3) is 0 Å². The van der Waals surface area contributed by atoms with Crippen LogP contribution < -0.4 is 10.0 Å². The first-order valence-corrected chi connectivity index (χ1v) is 7.86. The molecular weight excluding hydrogens is 307 g/mol. The van der Waals surface area contributed by atoms with Crippen molar-refractivity contribution in [1.29, 1.82) is 0 Å². The van der Waals surface area contributed by atoms with Crippen molar-refractivity contribution in [2.45, 2.75) is 6.54 Å². The summed E-state index contributed by atoms with van der Waals surface area (Å²) in [6, 6.07) is 7.34. The number of sulfonamides is 1. The molecule has 2 aromatic rings. The number of nitrogens with one attached hydrogen (secondary N) is 2. The number of anilines is 2. The largest absolute Gasteiger partial charge is 0.448 e. The number of benzene rings is 1. The number of hydrogen-bond acceptors (Lipinski definition) is 4. The van der Waals surface area contributed by atoms with Crippen LogP contribution >= 0.6 is 11.6 Å². The van der Waals surface area contributed by atoms with Crippen molar-refractivity contribution < 1.29 is 17.2 Å². The lowest BCUT2D eigenvalue weighted by atomic mass is 10.2. The van der Waals surface area contributed by atoms with Gasteiger partial charge in [0.05, 0.1) is 18.5 Å². The molecular formula is C12H12ClFN2O3S. The number of halogens is 2. The van der Waals surface area contributed by atoms with E-state index in [1.54, 1.807) is 12.1 Å². The minimum Gasteiger partial charge on any atom is -0.448 e. The molecule has 1 aromatic heterocycles. The van der Waals surface area contributed by atoms with Crippen molar-refractivity contribution in [3.63, 3.8) is 0 Å². The number of furan rings is 1. The Bertz CT molecular complexity index is 715. The van der Waals surface area contributed by atoms with Crippen LogP contribution in [-0.4, -0.2) is 14.7 Å². The van der Waals surface area contributed by atoms with Gasteiger partial charge >= 0.3 is 0 Å². The summed E-state index contributed by atoms with van der Waals surface area (Å²) in [5.74, 6) is -0.0426. The van der Waals surface area contributed by atoms with E-state index in [0.717, 1.165) is 6.26 Å². The molecule has 8 heteroatoms. The Morgan fingerprint density at radius 2 is 2.05 bits per heavy atom. The molecule has 0 bridgehead atoms. The molecule has 1 aromatic carbocycles. The fraction of sp³-hybridized carbons (Fsp3) is 0.167. The average molecular weight is 319 g/mol. The second kappa shape index (κ2) is 5.72. The lowest BCUT2D eigenvalue weighted by Crippen LogP contribution is -2.11.